The molecule has 0 aliphatic rings. The summed E-state index contributed by atoms with van der Waals surface area (Å²) in [6.45, 7) is 4.12. The van der Waals surface area contributed by atoms with Crippen molar-refractivity contribution in [1.29, 1.82) is 0 Å². The van der Waals surface area contributed by atoms with Crippen molar-refractivity contribution in [2.24, 2.45) is 0 Å². The lowest BCUT2D eigenvalue weighted by Gasteiger charge is -2.09. The van der Waals surface area contributed by atoms with Crippen LogP contribution in [0.25, 0.3) is 16.6 Å². The van der Waals surface area contributed by atoms with E-state index in [0.29, 0.717) is 5.69 Å². The largest absolute Gasteiger partial charge is 0.296 e. The van der Waals surface area contributed by atoms with Gasteiger partial charge < -0.3 is 0 Å². The maximum Gasteiger partial charge on any atom is 0.168 e. The third kappa shape index (κ3) is 1.29. The van der Waals surface area contributed by atoms with Crippen LogP contribution in [0.5, 0.6) is 0 Å². The summed E-state index contributed by atoms with van der Waals surface area (Å²) < 4.78 is 1.92. The first-order chi connectivity index (χ1) is 8.22. The molecule has 3 rings (SSSR count). The van der Waals surface area contributed by atoms with Crippen LogP contribution in [0.4, 0.5) is 0 Å². The highest BCUT2D eigenvalue weighted by atomic mass is 16.1. The Morgan fingerprint density at radius 1 is 1.24 bits per heavy atom. The first-order valence-electron chi connectivity index (χ1n) is 5.54. The van der Waals surface area contributed by atoms with Crippen LogP contribution in [0.1, 0.15) is 21.6 Å². The van der Waals surface area contributed by atoms with E-state index < -0.39 is 0 Å². The molecule has 0 unspecified atom stereocenters. The Hall–Kier alpha value is -2.16. The van der Waals surface area contributed by atoms with Gasteiger partial charge in [-0.1, -0.05) is 18.2 Å². The predicted molar refractivity (Wildman–Crippen MR) is 67.6 cm³/mol. The maximum absolute atomic E-state index is 11.1. The minimum atomic E-state index is 0.597. The normalized spacial score (nSPS) is 11.2. The van der Waals surface area contributed by atoms with Crippen LogP contribution >= 0.6 is 0 Å². The van der Waals surface area contributed by atoms with Gasteiger partial charge in [0.25, 0.3) is 0 Å². The highest BCUT2D eigenvalue weighted by Gasteiger charge is 2.10. The second-order valence-electron chi connectivity index (χ2n) is 4.29. The molecule has 1 aromatic carbocycles. The maximum atomic E-state index is 11.1. The van der Waals surface area contributed by atoms with E-state index >= 15 is 0 Å². The number of fused-ring (bicyclic) bond motifs is 3. The van der Waals surface area contributed by atoms with Gasteiger partial charge in [-0.3, -0.25) is 9.20 Å². The van der Waals surface area contributed by atoms with Gasteiger partial charge in [0.05, 0.1) is 11.7 Å². The van der Waals surface area contributed by atoms with Crippen molar-refractivity contribution >= 4 is 22.8 Å². The lowest BCUT2D eigenvalue weighted by Crippen LogP contribution is -1.97. The van der Waals surface area contributed by atoms with E-state index in [1.165, 1.54) is 10.9 Å². The molecule has 0 aliphatic carbocycles. The van der Waals surface area contributed by atoms with Gasteiger partial charge in [-0.15, -0.1) is 0 Å². The third-order valence-electron chi connectivity index (χ3n) is 3.17. The summed E-state index contributed by atoms with van der Waals surface area (Å²) in [7, 11) is 0. The number of pyridine rings is 1. The quantitative estimate of drug-likeness (QED) is 0.595. The molecule has 0 saturated carbocycles. The molecule has 3 heteroatoms. The molecule has 84 valence electrons. The highest BCUT2D eigenvalue weighted by Crippen LogP contribution is 2.24. The van der Waals surface area contributed by atoms with E-state index in [4.69, 9.17) is 0 Å². The van der Waals surface area contributed by atoms with E-state index in [1.807, 2.05) is 16.5 Å². The third-order valence-corrected chi connectivity index (χ3v) is 3.17. The molecule has 2 heterocycles. The van der Waals surface area contributed by atoms with Gasteiger partial charge in [0.15, 0.2) is 6.29 Å². The number of imidazole rings is 1. The van der Waals surface area contributed by atoms with Gasteiger partial charge in [-0.2, -0.15) is 0 Å². The molecule has 0 spiro atoms. The number of nitrogens with zero attached hydrogens (tertiary/aromatic N) is 2. The lowest BCUT2D eigenvalue weighted by atomic mass is 10.1. The number of benzene rings is 1. The fourth-order valence-electron chi connectivity index (χ4n) is 2.35. The average Bonchev–Trinajstić information content (AvgIpc) is 2.72. The van der Waals surface area contributed by atoms with Gasteiger partial charge in [0.1, 0.15) is 11.3 Å². The summed E-state index contributed by atoms with van der Waals surface area (Å²) in [5, 5.41) is 1.17. The minimum absolute atomic E-state index is 0.597. The van der Waals surface area contributed by atoms with Crippen LogP contribution in [0.2, 0.25) is 0 Å². The molecule has 0 radical (unpaired) electrons. The zero-order valence-corrected chi connectivity index (χ0v) is 9.77. The van der Waals surface area contributed by atoms with Gasteiger partial charge in [-0.05, 0) is 31.0 Å². The van der Waals surface area contributed by atoms with Crippen LogP contribution in [0.3, 0.4) is 0 Å². The number of hydrogen-bond donors (Lipinski definition) is 0. The Bertz CT molecular complexity index is 741. The number of aromatic nitrogens is 2. The lowest BCUT2D eigenvalue weighted by molar-refractivity contribution is 0.111. The predicted octanol–water partition coefficient (Wildman–Crippen LogP) is 2.92. The van der Waals surface area contributed by atoms with Crippen LogP contribution in [0, 0.1) is 13.8 Å². The van der Waals surface area contributed by atoms with Crippen LogP contribution in [-0.4, -0.2) is 15.7 Å². The van der Waals surface area contributed by atoms with E-state index in [1.54, 1.807) is 6.20 Å². The summed E-state index contributed by atoms with van der Waals surface area (Å²) in [6, 6.07) is 8.17. The van der Waals surface area contributed by atoms with Crippen molar-refractivity contribution in [3.63, 3.8) is 0 Å². The van der Waals surface area contributed by atoms with Gasteiger partial charge in [0.2, 0.25) is 0 Å². The van der Waals surface area contributed by atoms with Crippen LogP contribution in [0.15, 0.2) is 30.5 Å². The standard InChI is InChI=1S/C14H12N2O/c1-9-4-3-5-12-10(2)6-13-15-7-11(8-17)16(13)14(9)12/h3-8H,1-2H3. The number of carbonyl (C=O) groups is 1. The minimum Gasteiger partial charge on any atom is -0.296 e. The van der Waals surface area contributed by atoms with Crippen molar-refractivity contribution < 1.29 is 4.79 Å². The molecule has 0 aliphatic heterocycles. The van der Waals surface area contributed by atoms with Crippen molar-refractivity contribution in [1.82, 2.24) is 9.38 Å². The molecule has 0 fully saturated rings. The molecule has 0 N–H and O–H groups in total. The fraction of sp³-hybridized carbons (Fsp3) is 0.143. The number of para-hydroxylation sites is 1. The molecule has 3 aromatic rings. The zero-order valence-electron chi connectivity index (χ0n) is 9.77. The summed E-state index contributed by atoms with van der Waals surface area (Å²) in [5.74, 6) is 0. The van der Waals surface area contributed by atoms with Crippen molar-refractivity contribution in [3.8, 4) is 0 Å². The smallest absolute Gasteiger partial charge is 0.168 e. The highest BCUT2D eigenvalue weighted by molar-refractivity contribution is 5.90. The van der Waals surface area contributed by atoms with Crippen molar-refractivity contribution in [2.45, 2.75) is 13.8 Å². The second kappa shape index (κ2) is 3.42. The number of aryl methyl sites for hydroxylation is 2. The van der Waals surface area contributed by atoms with Crippen molar-refractivity contribution in [3.05, 3.63) is 47.3 Å². The van der Waals surface area contributed by atoms with Gasteiger partial charge in [0, 0.05) is 5.39 Å². The monoisotopic (exact) mass is 224 g/mol. The SMILES string of the molecule is Cc1cc2ncc(C=O)n2c2c(C)cccc12. The van der Waals surface area contributed by atoms with Gasteiger partial charge in [-0.25, -0.2) is 4.98 Å². The molecular formula is C14H12N2O. The van der Waals surface area contributed by atoms with Gasteiger partial charge >= 0.3 is 0 Å². The second-order valence-corrected chi connectivity index (χ2v) is 4.29. The summed E-state index contributed by atoms with van der Waals surface area (Å²) in [5.41, 5.74) is 4.82. The Morgan fingerprint density at radius 3 is 2.82 bits per heavy atom. The topological polar surface area (TPSA) is 34.4 Å². The molecule has 0 atom stereocenters. The summed E-state index contributed by atoms with van der Waals surface area (Å²) in [6.07, 6.45) is 2.47. The Kier molecular flexibility index (Phi) is 2.01. The zero-order chi connectivity index (χ0) is 12.0. The first-order valence-corrected chi connectivity index (χ1v) is 5.54. The number of rotatable bonds is 1. The fourth-order valence-corrected chi connectivity index (χ4v) is 2.35. The molecule has 0 amide bonds. The molecule has 2 aromatic heterocycles. The van der Waals surface area contributed by atoms with Crippen molar-refractivity contribution in [2.75, 3.05) is 0 Å². The average molecular weight is 224 g/mol. The number of aldehydes is 1. The van der Waals surface area contributed by atoms with E-state index in [2.05, 4.69) is 31.0 Å². The summed E-state index contributed by atoms with van der Waals surface area (Å²) in [4.78, 5) is 15.3. The Labute approximate surface area is 98.7 Å². The van der Waals surface area contributed by atoms with Crippen LogP contribution < -0.4 is 0 Å². The molecular weight excluding hydrogens is 212 g/mol. The van der Waals surface area contributed by atoms with Crippen LogP contribution in [-0.2, 0) is 0 Å². The molecule has 0 saturated heterocycles. The first kappa shape index (κ1) is 10.0. The number of hydrogen-bond acceptors (Lipinski definition) is 2. The van der Waals surface area contributed by atoms with E-state index in [-0.39, 0.29) is 0 Å². The van der Waals surface area contributed by atoms with E-state index in [9.17, 15) is 4.79 Å². The number of carbonyl (C=O) groups excluding carboxylic acids is 1. The summed E-state index contributed by atoms with van der Waals surface area (Å²) >= 11 is 0. The molecule has 17 heavy (non-hydrogen) atoms. The van der Waals surface area contributed by atoms with E-state index in [0.717, 1.165) is 23.0 Å². The Balaban J connectivity index is 2.68. The molecule has 0 bridgehead atoms. The molecule has 3 nitrogen and oxygen atoms in total. The Morgan fingerprint density at radius 2 is 2.06 bits per heavy atom.